The highest BCUT2D eigenvalue weighted by Gasteiger charge is 2.17. The Bertz CT molecular complexity index is 1080. The van der Waals surface area contributed by atoms with Crippen molar-refractivity contribution in [2.75, 3.05) is 11.1 Å². The number of amides is 1. The van der Waals surface area contributed by atoms with Crippen LogP contribution in [0.25, 0.3) is 0 Å². The predicted octanol–water partition coefficient (Wildman–Crippen LogP) is 5.66. The van der Waals surface area contributed by atoms with Gasteiger partial charge >= 0.3 is 0 Å². The van der Waals surface area contributed by atoms with Gasteiger partial charge in [0.05, 0.1) is 11.4 Å². The zero-order valence-electron chi connectivity index (χ0n) is 18.1. The molecule has 3 N–H and O–H groups in total. The van der Waals surface area contributed by atoms with Crippen molar-refractivity contribution >= 4 is 28.8 Å². The number of hydrogen-bond donors (Lipinski definition) is 2. The molecule has 0 fully saturated rings. The third-order valence-corrected chi connectivity index (χ3v) is 5.30. The summed E-state index contributed by atoms with van der Waals surface area (Å²) < 4.78 is 0. The molecular weight excluding hydrogens is 400 g/mol. The van der Waals surface area contributed by atoms with Crippen molar-refractivity contribution in [3.05, 3.63) is 95.6 Å². The fourth-order valence-electron chi connectivity index (χ4n) is 3.55. The second-order valence-corrected chi connectivity index (χ2v) is 7.71. The molecule has 0 aromatic heterocycles. The average molecular weight is 429 g/mol. The lowest BCUT2D eigenvalue weighted by Crippen LogP contribution is -2.12. The van der Waals surface area contributed by atoms with Crippen LogP contribution < -0.4 is 11.1 Å². The van der Waals surface area contributed by atoms with Crippen molar-refractivity contribution < 1.29 is 14.4 Å². The van der Waals surface area contributed by atoms with Crippen LogP contribution in [0.5, 0.6) is 0 Å². The molecule has 0 aliphatic rings. The van der Waals surface area contributed by atoms with Gasteiger partial charge in [0.15, 0.2) is 11.6 Å². The molecule has 0 bridgehead atoms. The molecule has 0 atom stereocenters. The number of unbranched alkanes of at least 4 members (excludes halogenated alkanes) is 3. The Hall–Kier alpha value is -3.73. The quantitative estimate of drug-likeness (QED) is 0.234. The molecule has 5 nitrogen and oxygen atoms in total. The second-order valence-electron chi connectivity index (χ2n) is 7.71. The van der Waals surface area contributed by atoms with Crippen molar-refractivity contribution in [3.63, 3.8) is 0 Å². The third kappa shape index (κ3) is 6.38. The van der Waals surface area contributed by atoms with E-state index >= 15 is 0 Å². The summed E-state index contributed by atoms with van der Waals surface area (Å²) in [7, 11) is 0. The molecule has 0 saturated heterocycles. The van der Waals surface area contributed by atoms with Crippen LogP contribution in [-0.2, 0) is 4.79 Å². The van der Waals surface area contributed by atoms with Crippen molar-refractivity contribution in [1.82, 2.24) is 0 Å². The van der Waals surface area contributed by atoms with Crippen LogP contribution in [0, 0.1) is 0 Å². The molecule has 32 heavy (non-hydrogen) atoms. The summed E-state index contributed by atoms with van der Waals surface area (Å²) in [6.45, 7) is 0. The van der Waals surface area contributed by atoms with Gasteiger partial charge in [-0.2, -0.15) is 0 Å². The lowest BCUT2D eigenvalue weighted by atomic mass is 9.94. The number of nitrogens with one attached hydrogen (secondary N) is 1. The summed E-state index contributed by atoms with van der Waals surface area (Å²) in [5.74, 6) is -0.228. The number of ketones is 2. The van der Waals surface area contributed by atoms with E-state index in [1.165, 1.54) is 0 Å². The van der Waals surface area contributed by atoms with Crippen LogP contribution >= 0.6 is 0 Å². The van der Waals surface area contributed by atoms with E-state index < -0.39 is 0 Å². The molecule has 0 spiro atoms. The zero-order valence-corrected chi connectivity index (χ0v) is 18.1. The number of hydrogen-bond acceptors (Lipinski definition) is 4. The Balaban J connectivity index is 1.42. The van der Waals surface area contributed by atoms with Gasteiger partial charge in [-0.3, -0.25) is 14.4 Å². The minimum Gasteiger partial charge on any atom is -0.397 e. The zero-order chi connectivity index (χ0) is 22.8. The van der Waals surface area contributed by atoms with Crippen LogP contribution in [0.2, 0.25) is 0 Å². The number of nitrogen functional groups attached to an aromatic ring is 1. The monoisotopic (exact) mass is 428 g/mol. The number of carbonyl (C=O) groups excluding carboxylic acids is 3. The van der Waals surface area contributed by atoms with E-state index in [1.807, 2.05) is 30.3 Å². The second kappa shape index (κ2) is 11.6. The van der Waals surface area contributed by atoms with E-state index in [-0.39, 0.29) is 17.5 Å². The number of nitrogens with two attached hydrogens (primary N) is 1. The Morgan fingerprint density at radius 1 is 0.656 bits per heavy atom. The van der Waals surface area contributed by atoms with E-state index in [4.69, 9.17) is 5.73 Å². The molecule has 0 aliphatic heterocycles. The number of anilines is 2. The van der Waals surface area contributed by atoms with Crippen molar-refractivity contribution in [3.8, 4) is 0 Å². The fraction of sp³-hybridized carbons (Fsp3) is 0.222. The summed E-state index contributed by atoms with van der Waals surface area (Å²) in [5.41, 5.74) is 8.50. The van der Waals surface area contributed by atoms with Gasteiger partial charge in [-0.25, -0.2) is 0 Å². The van der Waals surface area contributed by atoms with Gasteiger partial charge in [0.2, 0.25) is 5.91 Å². The van der Waals surface area contributed by atoms with Gasteiger partial charge in [0.1, 0.15) is 0 Å². The maximum Gasteiger partial charge on any atom is 0.224 e. The molecular formula is C27H28N2O3. The highest BCUT2D eigenvalue weighted by Crippen LogP contribution is 2.19. The van der Waals surface area contributed by atoms with Gasteiger partial charge in [-0.05, 0) is 25.0 Å². The standard InChI is InChI=1S/C27H28N2O3/c28-23-16-10-11-17-24(23)29-26(31)19-7-2-1-6-18-25(30)21-14-8-9-15-22(21)27(32)20-12-4-3-5-13-20/h3-5,8-17H,1-2,6-7,18-19,28H2,(H,29,31). The van der Waals surface area contributed by atoms with E-state index in [2.05, 4.69) is 5.32 Å². The highest BCUT2D eigenvalue weighted by molar-refractivity contribution is 6.15. The Morgan fingerprint density at radius 3 is 1.97 bits per heavy atom. The summed E-state index contributed by atoms with van der Waals surface area (Å²) in [6, 6.07) is 23.2. The summed E-state index contributed by atoms with van der Waals surface area (Å²) in [4.78, 5) is 37.6. The van der Waals surface area contributed by atoms with Gasteiger partial charge in [0.25, 0.3) is 0 Å². The SMILES string of the molecule is Nc1ccccc1NC(=O)CCCCCCC(=O)c1ccccc1C(=O)c1ccccc1. The normalized spacial score (nSPS) is 10.5. The first kappa shape index (κ1) is 22.9. The van der Waals surface area contributed by atoms with E-state index in [0.717, 1.165) is 25.7 Å². The molecule has 0 radical (unpaired) electrons. The van der Waals surface area contributed by atoms with Gasteiger partial charge in [-0.1, -0.05) is 79.6 Å². The number of carbonyl (C=O) groups is 3. The minimum atomic E-state index is -0.139. The number of para-hydroxylation sites is 2. The van der Waals surface area contributed by atoms with Gasteiger partial charge in [0, 0.05) is 29.5 Å². The molecule has 3 rings (SSSR count). The van der Waals surface area contributed by atoms with Crippen LogP contribution in [0.4, 0.5) is 11.4 Å². The number of benzene rings is 3. The average Bonchev–Trinajstić information content (AvgIpc) is 2.82. The largest absolute Gasteiger partial charge is 0.397 e. The first-order chi connectivity index (χ1) is 15.6. The number of Topliss-reactive ketones (excluding diaryl/α,β-unsaturated/α-hetero) is 1. The fourth-order valence-corrected chi connectivity index (χ4v) is 3.55. The van der Waals surface area contributed by atoms with Crippen molar-refractivity contribution in [2.24, 2.45) is 0 Å². The number of rotatable bonds is 11. The Morgan fingerprint density at radius 2 is 1.25 bits per heavy atom. The molecule has 3 aromatic rings. The first-order valence-electron chi connectivity index (χ1n) is 10.9. The van der Waals surface area contributed by atoms with E-state index in [1.54, 1.807) is 48.5 Å². The van der Waals surface area contributed by atoms with E-state index in [9.17, 15) is 14.4 Å². The maximum absolute atomic E-state index is 12.8. The molecule has 0 aliphatic carbocycles. The summed E-state index contributed by atoms with van der Waals surface area (Å²) in [6.07, 6.45) is 3.97. The predicted molar refractivity (Wildman–Crippen MR) is 128 cm³/mol. The lowest BCUT2D eigenvalue weighted by molar-refractivity contribution is -0.116. The van der Waals surface area contributed by atoms with Gasteiger partial charge < -0.3 is 11.1 Å². The van der Waals surface area contributed by atoms with Crippen molar-refractivity contribution in [2.45, 2.75) is 38.5 Å². The van der Waals surface area contributed by atoms with Crippen LogP contribution in [0.1, 0.15) is 64.8 Å². The topological polar surface area (TPSA) is 89.3 Å². The van der Waals surface area contributed by atoms with Gasteiger partial charge in [-0.15, -0.1) is 0 Å². The third-order valence-electron chi connectivity index (χ3n) is 5.30. The molecule has 0 saturated carbocycles. The van der Waals surface area contributed by atoms with Crippen molar-refractivity contribution in [1.29, 1.82) is 0 Å². The van der Waals surface area contributed by atoms with Crippen LogP contribution in [0.15, 0.2) is 78.9 Å². The Labute approximate surface area is 188 Å². The van der Waals surface area contributed by atoms with Crippen LogP contribution in [-0.4, -0.2) is 17.5 Å². The minimum absolute atomic E-state index is 0.0258. The Kier molecular flexibility index (Phi) is 8.32. The first-order valence-corrected chi connectivity index (χ1v) is 10.9. The van der Waals surface area contributed by atoms with E-state index in [0.29, 0.717) is 40.9 Å². The molecule has 1 amide bonds. The summed E-state index contributed by atoms with van der Waals surface area (Å²) in [5, 5.41) is 2.82. The molecule has 0 unspecified atom stereocenters. The molecule has 5 heteroatoms. The summed E-state index contributed by atoms with van der Waals surface area (Å²) >= 11 is 0. The maximum atomic E-state index is 12.8. The molecule has 0 heterocycles. The lowest BCUT2D eigenvalue weighted by Gasteiger charge is -2.09. The molecule has 164 valence electrons. The molecule has 3 aromatic carbocycles. The highest BCUT2D eigenvalue weighted by atomic mass is 16.1. The smallest absolute Gasteiger partial charge is 0.224 e. The van der Waals surface area contributed by atoms with Crippen LogP contribution in [0.3, 0.4) is 0 Å².